The standard InChI is InChI=1S/C21H15ClN4O4S/c1-13-11-25(16-7-5-15(22)6-8-16)21(27)23-20(13)31-12-18-10-19(24-30-18)14-3-2-4-17(9-14)26(28)29/h2-11H,12H2,1H3. The number of nitro groups is 1. The Bertz CT molecular complexity index is 1320. The van der Waals surface area contributed by atoms with Crippen molar-refractivity contribution in [2.24, 2.45) is 0 Å². The highest BCUT2D eigenvalue weighted by molar-refractivity contribution is 7.98. The van der Waals surface area contributed by atoms with Crippen LogP contribution in [-0.2, 0) is 5.75 Å². The fourth-order valence-electron chi connectivity index (χ4n) is 2.90. The van der Waals surface area contributed by atoms with Crippen LogP contribution in [0.1, 0.15) is 11.3 Å². The highest BCUT2D eigenvalue weighted by Gasteiger charge is 2.13. The molecule has 0 aliphatic rings. The third kappa shape index (κ3) is 4.68. The number of halogens is 1. The Kier molecular flexibility index (Phi) is 5.88. The Balaban J connectivity index is 1.51. The summed E-state index contributed by atoms with van der Waals surface area (Å²) in [5.41, 5.74) is 2.19. The molecule has 0 spiro atoms. The van der Waals surface area contributed by atoms with Crippen LogP contribution in [0.2, 0.25) is 5.02 Å². The number of nitrogens with zero attached hydrogens (tertiary/aromatic N) is 4. The lowest BCUT2D eigenvalue weighted by molar-refractivity contribution is -0.384. The number of aryl methyl sites for hydroxylation is 1. The Labute approximate surface area is 185 Å². The average Bonchev–Trinajstić information content (AvgIpc) is 3.24. The number of nitro benzene ring substituents is 1. The van der Waals surface area contributed by atoms with E-state index in [1.54, 1.807) is 48.7 Å². The molecule has 0 aliphatic heterocycles. The highest BCUT2D eigenvalue weighted by atomic mass is 35.5. The molecule has 0 saturated heterocycles. The SMILES string of the molecule is Cc1cn(-c2ccc(Cl)cc2)c(=O)nc1SCc1cc(-c2cccc([N+](=O)[O-])c2)no1. The number of benzene rings is 2. The number of aromatic nitrogens is 3. The topological polar surface area (TPSA) is 104 Å². The van der Waals surface area contributed by atoms with Gasteiger partial charge in [-0.05, 0) is 36.8 Å². The maximum absolute atomic E-state index is 12.5. The van der Waals surface area contributed by atoms with Gasteiger partial charge in [0.05, 0.1) is 16.4 Å². The normalized spacial score (nSPS) is 10.9. The quantitative estimate of drug-likeness (QED) is 0.174. The first-order valence-corrected chi connectivity index (χ1v) is 10.5. The molecule has 0 amide bonds. The Morgan fingerprint density at radius 2 is 1.97 bits per heavy atom. The Morgan fingerprint density at radius 3 is 2.71 bits per heavy atom. The van der Waals surface area contributed by atoms with Crippen LogP contribution in [0.15, 0.2) is 75.1 Å². The first-order valence-electron chi connectivity index (χ1n) is 9.10. The highest BCUT2D eigenvalue weighted by Crippen LogP contribution is 2.27. The Hall–Kier alpha value is -3.43. The van der Waals surface area contributed by atoms with Gasteiger partial charge in [-0.1, -0.05) is 40.7 Å². The van der Waals surface area contributed by atoms with Gasteiger partial charge in [-0.3, -0.25) is 14.7 Å². The second-order valence-corrected chi connectivity index (χ2v) is 8.03. The van der Waals surface area contributed by atoms with E-state index in [-0.39, 0.29) is 5.69 Å². The zero-order valence-corrected chi connectivity index (χ0v) is 17.8. The molecule has 0 aliphatic carbocycles. The summed E-state index contributed by atoms with van der Waals surface area (Å²) < 4.78 is 6.81. The van der Waals surface area contributed by atoms with Crippen LogP contribution in [0.5, 0.6) is 0 Å². The second-order valence-electron chi connectivity index (χ2n) is 6.63. The van der Waals surface area contributed by atoms with E-state index in [4.69, 9.17) is 16.1 Å². The summed E-state index contributed by atoms with van der Waals surface area (Å²) in [5.74, 6) is 0.967. The molecule has 8 nitrogen and oxygen atoms in total. The minimum absolute atomic E-state index is 0.0162. The van der Waals surface area contributed by atoms with Gasteiger partial charge in [-0.25, -0.2) is 4.79 Å². The van der Waals surface area contributed by atoms with Crippen molar-refractivity contribution in [3.05, 3.63) is 97.7 Å². The predicted octanol–water partition coefficient (Wildman–Crippen LogP) is 5.05. The predicted molar refractivity (Wildman–Crippen MR) is 118 cm³/mol. The molecule has 0 atom stereocenters. The summed E-state index contributed by atoms with van der Waals surface area (Å²) in [6.45, 7) is 1.87. The lowest BCUT2D eigenvalue weighted by Gasteiger charge is -2.09. The molecule has 10 heteroatoms. The van der Waals surface area contributed by atoms with Gasteiger partial charge in [0.2, 0.25) is 0 Å². The molecule has 156 valence electrons. The molecule has 4 aromatic rings. The smallest absolute Gasteiger partial charge is 0.353 e. The van der Waals surface area contributed by atoms with Gasteiger partial charge in [0, 0.05) is 35.0 Å². The maximum Gasteiger partial charge on any atom is 0.353 e. The number of non-ortho nitro benzene ring substituents is 1. The van der Waals surface area contributed by atoms with Gasteiger partial charge in [-0.2, -0.15) is 4.98 Å². The van der Waals surface area contributed by atoms with Gasteiger partial charge >= 0.3 is 5.69 Å². The molecule has 0 saturated carbocycles. The second kappa shape index (κ2) is 8.75. The maximum atomic E-state index is 12.5. The van der Waals surface area contributed by atoms with E-state index in [2.05, 4.69) is 10.1 Å². The van der Waals surface area contributed by atoms with Crippen molar-refractivity contribution >= 4 is 29.1 Å². The first-order chi connectivity index (χ1) is 14.9. The lowest BCUT2D eigenvalue weighted by atomic mass is 10.1. The van der Waals surface area contributed by atoms with Crippen molar-refractivity contribution in [1.29, 1.82) is 0 Å². The van der Waals surface area contributed by atoms with Crippen LogP contribution in [0.25, 0.3) is 16.9 Å². The number of thioether (sulfide) groups is 1. The molecule has 0 radical (unpaired) electrons. The van der Waals surface area contributed by atoms with Gasteiger partial charge in [-0.15, -0.1) is 0 Å². The molecule has 4 rings (SSSR count). The van der Waals surface area contributed by atoms with E-state index in [1.807, 2.05) is 6.92 Å². The molecule has 0 bridgehead atoms. The molecule has 2 heterocycles. The van der Waals surface area contributed by atoms with E-state index in [0.29, 0.717) is 38.5 Å². The lowest BCUT2D eigenvalue weighted by Crippen LogP contribution is -2.22. The minimum atomic E-state index is -0.457. The minimum Gasteiger partial charge on any atom is -0.360 e. The number of hydrogen-bond acceptors (Lipinski definition) is 7. The van der Waals surface area contributed by atoms with Gasteiger partial charge < -0.3 is 4.52 Å². The summed E-state index contributed by atoms with van der Waals surface area (Å²) in [4.78, 5) is 27.2. The molecule has 31 heavy (non-hydrogen) atoms. The first kappa shape index (κ1) is 20.8. The summed E-state index contributed by atoms with van der Waals surface area (Å²) in [5, 5.41) is 16.1. The molecule has 2 aromatic carbocycles. The summed E-state index contributed by atoms with van der Waals surface area (Å²) in [7, 11) is 0. The van der Waals surface area contributed by atoms with Crippen LogP contribution in [0.3, 0.4) is 0 Å². The molecular weight excluding hydrogens is 440 g/mol. The van der Waals surface area contributed by atoms with E-state index in [9.17, 15) is 14.9 Å². The van der Waals surface area contributed by atoms with Crippen LogP contribution < -0.4 is 5.69 Å². The van der Waals surface area contributed by atoms with Gasteiger partial charge in [0.1, 0.15) is 16.5 Å². The van der Waals surface area contributed by atoms with Crippen molar-refractivity contribution in [1.82, 2.24) is 14.7 Å². The zero-order valence-electron chi connectivity index (χ0n) is 16.2. The summed E-state index contributed by atoms with van der Waals surface area (Å²) in [6.07, 6.45) is 1.73. The third-order valence-corrected chi connectivity index (χ3v) is 5.80. The average molecular weight is 455 g/mol. The molecule has 0 N–H and O–H groups in total. The molecule has 0 unspecified atom stereocenters. The van der Waals surface area contributed by atoms with Crippen LogP contribution in [0, 0.1) is 17.0 Å². The fourth-order valence-corrected chi connectivity index (χ4v) is 3.87. The number of rotatable bonds is 6. The van der Waals surface area contributed by atoms with Crippen molar-refractivity contribution in [2.45, 2.75) is 17.7 Å². The van der Waals surface area contributed by atoms with Crippen molar-refractivity contribution in [3.63, 3.8) is 0 Å². The van der Waals surface area contributed by atoms with Crippen molar-refractivity contribution in [3.8, 4) is 16.9 Å². The van der Waals surface area contributed by atoms with Crippen LogP contribution in [0.4, 0.5) is 5.69 Å². The largest absolute Gasteiger partial charge is 0.360 e. The van der Waals surface area contributed by atoms with Crippen molar-refractivity contribution < 1.29 is 9.45 Å². The molecule has 0 fully saturated rings. The molecule has 2 aromatic heterocycles. The zero-order chi connectivity index (χ0) is 22.0. The van der Waals surface area contributed by atoms with E-state index in [1.165, 1.54) is 28.5 Å². The monoisotopic (exact) mass is 454 g/mol. The van der Waals surface area contributed by atoms with E-state index in [0.717, 1.165) is 5.56 Å². The Morgan fingerprint density at radius 1 is 1.19 bits per heavy atom. The van der Waals surface area contributed by atoms with Gasteiger partial charge in [0.25, 0.3) is 5.69 Å². The third-order valence-electron chi connectivity index (χ3n) is 4.43. The van der Waals surface area contributed by atoms with Crippen LogP contribution in [-0.4, -0.2) is 19.6 Å². The van der Waals surface area contributed by atoms with Gasteiger partial charge in [0.15, 0.2) is 0 Å². The summed E-state index contributed by atoms with van der Waals surface area (Å²) >= 11 is 7.26. The van der Waals surface area contributed by atoms with Crippen molar-refractivity contribution in [2.75, 3.05) is 0 Å². The fraction of sp³-hybridized carbons (Fsp3) is 0.0952. The molecular formula is C21H15ClN4O4S. The van der Waals surface area contributed by atoms with E-state index >= 15 is 0 Å². The summed E-state index contributed by atoms with van der Waals surface area (Å²) in [6, 6.07) is 14.8. The van der Waals surface area contributed by atoms with E-state index < -0.39 is 10.6 Å². The van der Waals surface area contributed by atoms with Crippen LogP contribution >= 0.6 is 23.4 Å². The number of hydrogen-bond donors (Lipinski definition) is 0.